The largest absolute Gasteiger partial charge is 0.491 e. The minimum atomic E-state index is -0.176. The smallest absolute Gasteiger partial charge is 0.255 e. The lowest BCUT2D eigenvalue weighted by Gasteiger charge is -2.13. The summed E-state index contributed by atoms with van der Waals surface area (Å²) in [6, 6.07) is 22.0. The summed E-state index contributed by atoms with van der Waals surface area (Å²) in [6.45, 7) is 4.82. The zero-order chi connectivity index (χ0) is 22.8. The van der Waals surface area contributed by atoms with Crippen LogP contribution in [0.1, 0.15) is 35.7 Å². The topological polar surface area (TPSA) is 79.5 Å². The molecule has 0 saturated heterocycles. The van der Waals surface area contributed by atoms with Gasteiger partial charge in [0.1, 0.15) is 5.75 Å². The maximum absolute atomic E-state index is 12.4. The molecule has 3 N–H and O–H groups in total. The number of carbonyl (C=O) groups is 2. The van der Waals surface area contributed by atoms with Crippen molar-refractivity contribution in [2.75, 3.05) is 29.1 Å². The number of carbonyl (C=O) groups excluding carboxylic acids is 2. The number of benzene rings is 3. The van der Waals surface area contributed by atoms with Crippen LogP contribution in [0.25, 0.3) is 0 Å². The van der Waals surface area contributed by atoms with Crippen molar-refractivity contribution < 1.29 is 14.3 Å². The van der Waals surface area contributed by atoms with Gasteiger partial charge >= 0.3 is 0 Å². The third-order valence-electron chi connectivity index (χ3n) is 4.79. The van der Waals surface area contributed by atoms with Gasteiger partial charge in [-0.3, -0.25) is 9.59 Å². The minimum Gasteiger partial charge on any atom is -0.491 e. The van der Waals surface area contributed by atoms with Gasteiger partial charge in [0, 0.05) is 16.9 Å². The maximum Gasteiger partial charge on any atom is 0.255 e. The molecule has 3 aromatic carbocycles. The Balaban J connectivity index is 1.50. The highest BCUT2D eigenvalue weighted by Gasteiger charge is 2.08. The lowest BCUT2D eigenvalue weighted by Crippen LogP contribution is -2.22. The molecular weight excluding hydrogens is 402 g/mol. The van der Waals surface area contributed by atoms with Crippen molar-refractivity contribution in [3.05, 3.63) is 83.9 Å². The number of rotatable bonds is 10. The fraction of sp³-hybridized carbons (Fsp3) is 0.231. The van der Waals surface area contributed by atoms with Crippen LogP contribution in [0.5, 0.6) is 5.75 Å². The van der Waals surface area contributed by atoms with Crippen molar-refractivity contribution >= 4 is 28.9 Å². The van der Waals surface area contributed by atoms with E-state index in [0.29, 0.717) is 23.5 Å². The Hall–Kier alpha value is -3.80. The monoisotopic (exact) mass is 431 g/mol. The number of para-hydroxylation sites is 2. The summed E-state index contributed by atoms with van der Waals surface area (Å²) in [4.78, 5) is 24.7. The average molecular weight is 432 g/mol. The molecule has 0 bridgehead atoms. The number of hydrogen-bond acceptors (Lipinski definition) is 4. The molecule has 6 nitrogen and oxygen atoms in total. The van der Waals surface area contributed by atoms with E-state index in [1.165, 1.54) is 0 Å². The molecule has 0 atom stereocenters. The highest BCUT2D eigenvalue weighted by molar-refractivity contribution is 6.04. The van der Waals surface area contributed by atoms with Gasteiger partial charge < -0.3 is 20.7 Å². The number of aryl methyl sites for hydroxylation is 1. The predicted molar refractivity (Wildman–Crippen MR) is 130 cm³/mol. The molecular formula is C26H29N3O3. The fourth-order valence-corrected chi connectivity index (χ4v) is 3.07. The van der Waals surface area contributed by atoms with E-state index in [2.05, 4.69) is 22.9 Å². The van der Waals surface area contributed by atoms with Gasteiger partial charge in [-0.15, -0.1) is 0 Å². The van der Waals surface area contributed by atoms with Gasteiger partial charge in [-0.2, -0.15) is 0 Å². The predicted octanol–water partition coefficient (Wildman–Crippen LogP) is 5.48. The third-order valence-corrected chi connectivity index (χ3v) is 4.79. The molecule has 0 heterocycles. The van der Waals surface area contributed by atoms with Crippen molar-refractivity contribution in [1.82, 2.24) is 0 Å². The molecule has 2 amide bonds. The first-order valence-corrected chi connectivity index (χ1v) is 10.8. The zero-order valence-corrected chi connectivity index (χ0v) is 18.5. The van der Waals surface area contributed by atoms with E-state index in [1.54, 1.807) is 30.3 Å². The van der Waals surface area contributed by atoms with Gasteiger partial charge in [-0.05, 0) is 61.9 Å². The Morgan fingerprint density at radius 2 is 1.59 bits per heavy atom. The number of hydrogen-bond donors (Lipinski definition) is 3. The summed E-state index contributed by atoms with van der Waals surface area (Å²) < 4.78 is 5.78. The molecule has 6 heteroatoms. The van der Waals surface area contributed by atoms with Crippen molar-refractivity contribution in [1.29, 1.82) is 0 Å². The fourth-order valence-electron chi connectivity index (χ4n) is 3.07. The van der Waals surface area contributed by atoms with Crippen LogP contribution in [0, 0.1) is 6.92 Å². The SMILES string of the molecule is CCCCOc1ccccc1NCC(=O)Nc1ccc(NC(=O)c2cccc(C)c2)cc1. The van der Waals surface area contributed by atoms with Gasteiger partial charge in [-0.25, -0.2) is 0 Å². The van der Waals surface area contributed by atoms with E-state index in [0.717, 1.165) is 29.8 Å². The van der Waals surface area contributed by atoms with E-state index >= 15 is 0 Å². The first-order chi connectivity index (χ1) is 15.5. The number of anilines is 3. The van der Waals surface area contributed by atoms with Crippen LogP contribution in [0.3, 0.4) is 0 Å². The maximum atomic E-state index is 12.4. The van der Waals surface area contributed by atoms with Crippen LogP contribution in [-0.2, 0) is 4.79 Å². The van der Waals surface area contributed by atoms with Gasteiger partial charge in [-0.1, -0.05) is 43.2 Å². The molecule has 0 fully saturated rings. The molecule has 0 aliphatic carbocycles. The summed E-state index contributed by atoms with van der Waals surface area (Å²) >= 11 is 0. The number of ether oxygens (including phenoxy) is 1. The Morgan fingerprint density at radius 1 is 0.875 bits per heavy atom. The quantitative estimate of drug-likeness (QED) is 0.372. The molecule has 0 spiro atoms. The van der Waals surface area contributed by atoms with E-state index in [4.69, 9.17) is 4.74 Å². The zero-order valence-electron chi connectivity index (χ0n) is 18.5. The molecule has 32 heavy (non-hydrogen) atoms. The molecule has 3 rings (SSSR count). The van der Waals surface area contributed by atoms with Crippen LogP contribution >= 0.6 is 0 Å². The second kappa shape index (κ2) is 11.6. The molecule has 3 aromatic rings. The lowest BCUT2D eigenvalue weighted by atomic mass is 10.1. The van der Waals surface area contributed by atoms with Gasteiger partial charge in [0.2, 0.25) is 5.91 Å². The first-order valence-electron chi connectivity index (χ1n) is 10.8. The summed E-state index contributed by atoms with van der Waals surface area (Å²) in [5, 5.41) is 8.84. The Kier molecular flexibility index (Phi) is 8.26. The van der Waals surface area contributed by atoms with E-state index in [-0.39, 0.29) is 18.4 Å². The summed E-state index contributed by atoms with van der Waals surface area (Å²) in [5.41, 5.74) is 3.73. The number of nitrogens with one attached hydrogen (secondary N) is 3. The summed E-state index contributed by atoms with van der Waals surface area (Å²) in [5.74, 6) is 0.391. The van der Waals surface area contributed by atoms with E-state index in [9.17, 15) is 9.59 Å². The molecule has 0 radical (unpaired) electrons. The lowest BCUT2D eigenvalue weighted by molar-refractivity contribution is -0.114. The normalized spacial score (nSPS) is 10.3. The molecule has 166 valence electrons. The molecule has 0 aliphatic heterocycles. The standard InChI is InChI=1S/C26H29N3O3/c1-3-4-16-32-24-11-6-5-10-23(24)27-18-25(30)28-21-12-14-22(15-13-21)29-26(31)20-9-7-8-19(2)17-20/h5-15,17,27H,3-4,16,18H2,1-2H3,(H,28,30)(H,29,31). The molecule has 0 unspecified atom stereocenters. The summed E-state index contributed by atoms with van der Waals surface area (Å²) in [6.07, 6.45) is 2.04. The van der Waals surface area contributed by atoms with Crippen molar-refractivity contribution in [2.24, 2.45) is 0 Å². The van der Waals surface area contributed by atoms with Crippen LogP contribution in [0.15, 0.2) is 72.8 Å². The van der Waals surface area contributed by atoms with Crippen LogP contribution in [0.2, 0.25) is 0 Å². The second-order valence-electron chi connectivity index (χ2n) is 7.50. The van der Waals surface area contributed by atoms with Crippen molar-refractivity contribution in [3.63, 3.8) is 0 Å². The first kappa shape index (κ1) is 22.9. The molecule has 0 saturated carbocycles. The van der Waals surface area contributed by atoms with Gasteiger partial charge in [0.05, 0.1) is 18.8 Å². The van der Waals surface area contributed by atoms with Crippen LogP contribution in [0.4, 0.5) is 17.1 Å². The third kappa shape index (κ3) is 6.87. The van der Waals surface area contributed by atoms with Crippen LogP contribution < -0.4 is 20.7 Å². The highest BCUT2D eigenvalue weighted by Crippen LogP contribution is 2.24. The number of unbranched alkanes of at least 4 members (excludes halogenated alkanes) is 1. The number of amides is 2. The Morgan fingerprint density at radius 3 is 2.31 bits per heavy atom. The average Bonchev–Trinajstić information content (AvgIpc) is 2.80. The molecule has 0 aliphatic rings. The highest BCUT2D eigenvalue weighted by atomic mass is 16.5. The Bertz CT molecular complexity index is 1050. The van der Waals surface area contributed by atoms with Crippen LogP contribution in [-0.4, -0.2) is 25.0 Å². The minimum absolute atomic E-state index is 0.111. The van der Waals surface area contributed by atoms with Crippen molar-refractivity contribution in [2.45, 2.75) is 26.7 Å². The summed E-state index contributed by atoms with van der Waals surface area (Å²) in [7, 11) is 0. The van der Waals surface area contributed by atoms with E-state index < -0.39 is 0 Å². The van der Waals surface area contributed by atoms with Gasteiger partial charge in [0.25, 0.3) is 5.91 Å². The van der Waals surface area contributed by atoms with Crippen molar-refractivity contribution in [3.8, 4) is 5.75 Å². The van der Waals surface area contributed by atoms with Gasteiger partial charge in [0.15, 0.2) is 0 Å². The van der Waals surface area contributed by atoms with E-state index in [1.807, 2.05) is 49.4 Å². The second-order valence-corrected chi connectivity index (χ2v) is 7.50. The Labute approximate surface area is 189 Å². The molecule has 0 aromatic heterocycles.